The summed E-state index contributed by atoms with van der Waals surface area (Å²) in [4.78, 5) is 35.7. The highest BCUT2D eigenvalue weighted by molar-refractivity contribution is 6.30. The van der Waals surface area contributed by atoms with Crippen molar-refractivity contribution in [1.82, 2.24) is 10.6 Å². The van der Waals surface area contributed by atoms with Crippen LogP contribution in [0.4, 0.5) is 0 Å². The zero-order chi connectivity index (χ0) is 18.9. The van der Waals surface area contributed by atoms with Gasteiger partial charge >= 0.3 is 0 Å². The smallest absolute Gasteiger partial charge is 0.251 e. The molecule has 0 fully saturated rings. The van der Waals surface area contributed by atoms with E-state index in [0.717, 1.165) is 5.56 Å². The Hall–Kier alpha value is -2.66. The van der Waals surface area contributed by atoms with Crippen LogP contribution in [0.1, 0.15) is 39.1 Å². The van der Waals surface area contributed by atoms with E-state index in [1.807, 2.05) is 19.1 Å². The number of carbonyl (C=O) groups excluding carboxylic acids is 3. The summed E-state index contributed by atoms with van der Waals surface area (Å²) in [5.74, 6) is -0.534. The van der Waals surface area contributed by atoms with Crippen molar-refractivity contribution < 1.29 is 14.4 Å². The first kappa shape index (κ1) is 19.7. The Kier molecular flexibility index (Phi) is 7.36. The van der Waals surface area contributed by atoms with Gasteiger partial charge in [-0.05, 0) is 25.1 Å². The van der Waals surface area contributed by atoms with Crippen molar-refractivity contribution >= 4 is 29.2 Å². The number of benzene rings is 2. The number of nitrogens with one attached hydrogen (secondary N) is 2. The van der Waals surface area contributed by atoms with Crippen LogP contribution in [-0.2, 0) is 4.79 Å². The zero-order valence-corrected chi connectivity index (χ0v) is 15.3. The van der Waals surface area contributed by atoms with E-state index in [-0.39, 0.29) is 30.4 Å². The molecule has 2 rings (SSSR count). The first-order chi connectivity index (χ1) is 12.5. The van der Waals surface area contributed by atoms with E-state index in [9.17, 15) is 14.4 Å². The molecule has 0 spiro atoms. The lowest BCUT2D eigenvalue weighted by atomic mass is 10.1. The van der Waals surface area contributed by atoms with Gasteiger partial charge in [0.15, 0.2) is 5.78 Å². The lowest BCUT2D eigenvalue weighted by molar-refractivity contribution is -0.121. The van der Waals surface area contributed by atoms with Gasteiger partial charge in [-0.15, -0.1) is 0 Å². The summed E-state index contributed by atoms with van der Waals surface area (Å²) in [5, 5.41) is 5.87. The van der Waals surface area contributed by atoms with Gasteiger partial charge in [-0.3, -0.25) is 14.4 Å². The average molecular weight is 373 g/mol. The molecule has 0 bridgehead atoms. The highest BCUT2D eigenvalue weighted by Crippen LogP contribution is 2.10. The molecule has 2 aromatic carbocycles. The van der Waals surface area contributed by atoms with Crippen LogP contribution in [0.25, 0.3) is 0 Å². The second-order valence-corrected chi connectivity index (χ2v) is 6.34. The van der Waals surface area contributed by atoms with Gasteiger partial charge in [0.2, 0.25) is 5.91 Å². The Morgan fingerprint density at radius 2 is 1.58 bits per heavy atom. The van der Waals surface area contributed by atoms with E-state index in [1.165, 1.54) is 0 Å². The van der Waals surface area contributed by atoms with E-state index < -0.39 is 0 Å². The van der Waals surface area contributed by atoms with E-state index in [1.54, 1.807) is 36.4 Å². The molecule has 0 atom stereocenters. The number of Topliss-reactive ketones (excluding diaryl/α,β-unsaturated/α-hetero) is 1. The minimum Gasteiger partial charge on any atom is -0.354 e. The largest absolute Gasteiger partial charge is 0.354 e. The van der Waals surface area contributed by atoms with Crippen molar-refractivity contribution in [3.05, 3.63) is 70.2 Å². The molecular formula is C20H21ClN2O3. The van der Waals surface area contributed by atoms with Crippen molar-refractivity contribution in [2.24, 2.45) is 0 Å². The second-order valence-electron chi connectivity index (χ2n) is 5.91. The fourth-order valence-corrected chi connectivity index (χ4v) is 2.50. The van der Waals surface area contributed by atoms with Crippen LogP contribution in [0, 0.1) is 6.92 Å². The molecule has 0 saturated heterocycles. The van der Waals surface area contributed by atoms with E-state index in [4.69, 9.17) is 11.6 Å². The van der Waals surface area contributed by atoms with Crippen molar-refractivity contribution in [3.8, 4) is 0 Å². The number of hydrogen-bond donors (Lipinski definition) is 2. The number of carbonyl (C=O) groups is 3. The molecule has 26 heavy (non-hydrogen) atoms. The molecule has 0 aliphatic rings. The first-order valence-electron chi connectivity index (χ1n) is 8.36. The van der Waals surface area contributed by atoms with Crippen LogP contribution in [0.5, 0.6) is 0 Å². The Balaban J connectivity index is 1.65. The highest BCUT2D eigenvalue weighted by Gasteiger charge is 2.09. The molecule has 0 radical (unpaired) electrons. The molecule has 0 aromatic heterocycles. The van der Waals surface area contributed by atoms with E-state index in [0.29, 0.717) is 29.2 Å². The predicted octanol–water partition coefficient (Wildman–Crippen LogP) is 3.16. The fourth-order valence-electron chi connectivity index (χ4n) is 2.31. The van der Waals surface area contributed by atoms with Gasteiger partial charge in [-0.25, -0.2) is 0 Å². The van der Waals surface area contributed by atoms with E-state index in [2.05, 4.69) is 10.6 Å². The summed E-state index contributed by atoms with van der Waals surface area (Å²) in [5.41, 5.74) is 2.16. The molecule has 2 N–H and O–H groups in total. The van der Waals surface area contributed by atoms with Crippen LogP contribution in [0.15, 0.2) is 48.5 Å². The summed E-state index contributed by atoms with van der Waals surface area (Å²) in [6.45, 7) is 2.54. The third-order valence-electron chi connectivity index (χ3n) is 3.77. The third-order valence-corrected chi connectivity index (χ3v) is 4.01. The summed E-state index contributed by atoms with van der Waals surface area (Å²) in [7, 11) is 0. The highest BCUT2D eigenvalue weighted by atomic mass is 35.5. The molecule has 5 nitrogen and oxygen atoms in total. The third kappa shape index (κ3) is 6.33. The Bertz CT molecular complexity index is 788. The normalized spacial score (nSPS) is 10.2. The van der Waals surface area contributed by atoms with Gasteiger partial charge in [-0.1, -0.05) is 47.5 Å². The van der Waals surface area contributed by atoms with Crippen LogP contribution < -0.4 is 10.6 Å². The molecule has 0 aliphatic carbocycles. The SMILES string of the molecule is Cc1ccc(C(=O)CCC(=O)NCCNC(=O)c2cccc(Cl)c2)cc1. The van der Waals surface area contributed by atoms with Gasteiger partial charge in [0, 0.05) is 42.1 Å². The van der Waals surface area contributed by atoms with Crippen molar-refractivity contribution in [3.63, 3.8) is 0 Å². The number of halogens is 1. The Morgan fingerprint density at radius 3 is 2.27 bits per heavy atom. The molecule has 0 unspecified atom stereocenters. The minimum absolute atomic E-state index is 0.0607. The van der Waals surface area contributed by atoms with Crippen LogP contribution in [-0.4, -0.2) is 30.7 Å². The van der Waals surface area contributed by atoms with Crippen molar-refractivity contribution in [2.75, 3.05) is 13.1 Å². The van der Waals surface area contributed by atoms with Gasteiger partial charge < -0.3 is 10.6 Å². The molecule has 6 heteroatoms. The molecule has 0 aliphatic heterocycles. The maximum Gasteiger partial charge on any atom is 0.251 e. The molecule has 2 aromatic rings. The van der Waals surface area contributed by atoms with Gasteiger partial charge in [0.1, 0.15) is 0 Å². The fraction of sp³-hybridized carbons (Fsp3) is 0.250. The lowest BCUT2D eigenvalue weighted by Crippen LogP contribution is -2.34. The molecule has 0 saturated carbocycles. The summed E-state index contributed by atoms with van der Waals surface area (Å²) in [6.07, 6.45) is 0.277. The van der Waals surface area contributed by atoms with Gasteiger partial charge in [0.25, 0.3) is 5.91 Å². The molecule has 0 heterocycles. The molecule has 2 amide bonds. The zero-order valence-electron chi connectivity index (χ0n) is 14.5. The second kappa shape index (κ2) is 9.73. The number of rotatable bonds is 8. The maximum absolute atomic E-state index is 12.0. The van der Waals surface area contributed by atoms with Gasteiger partial charge in [-0.2, -0.15) is 0 Å². The number of hydrogen-bond acceptors (Lipinski definition) is 3. The average Bonchev–Trinajstić information content (AvgIpc) is 2.63. The maximum atomic E-state index is 12.0. The van der Waals surface area contributed by atoms with Gasteiger partial charge in [0.05, 0.1) is 0 Å². The topological polar surface area (TPSA) is 75.3 Å². The minimum atomic E-state index is -0.253. The molecular weight excluding hydrogens is 352 g/mol. The predicted molar refractivity (Wildman–Crippen MR) is 102 cm³/mol. The first-order valence-corrected chi connectivity index (χ1v) is 8.74. The lowest BCUT2D eigenvalue weighted by Gasteiger charge is -2.07. The van der Waals surface area contributed by atoms with Crippen LogP contribution in [0.3, 0.4) is 0 Å². The van der Waals surface area contributed by atoms with Crippen molar-refractivity contribution in [2.45, 2.75) is 19.8 Å². The van der Waals surface area contributed by atoms with Crippen molar-refractivity contribution in [1.29, 1.82) is 0 Å². The summed E-state index contributed by atoms with van der Waals surface area (Å²) < 4.78 is 0. The monoisotopic (exact) mass is 372 g/mol. The Labute approximate surface area is 157 Å². The number of aryl methyl sites for hydroxylation is 1. The molecule has 136 valence electrons. The van der Waals surface area contributed by atoms with Crippen LogP contribution in [0.2, 0.25) is 5.02 Å². The summed E-state index contributed by atoms with van der Waals surface area (Å²) in [6, 6.07) is 13.9. The quantitative estimate of drug-likeness (QED) is 0.552. The van der Waals surface area contributed by atoms with E-state index >= 15 is 0 Å². The summed E-state index contributed by atoms with van der Waals surface area (Å²) >= 11 is 5.84. The van der Waals surface area contributed by atoms with Crippen LogP contribution >= 0.6 is 11.6 Å². The number of ketones is 1. The Morgan fingerprint density at radius 1 is 0.885 bits per heavy atom. The standard InChI is InChI=1S/C20H21ClN2O3/c1-14-5-7-15(8-6-14)18(24)9-10-19(25)22-11-12-23-20(26)16-3-2-4-17(21)13-16/h2-8,13H,9-12H2,1H3,(H,22,25)(H,23,26). The number of amides is 2.